The second-order valence-corrected chi connectivity index (χ2v) is 11.1. The molecule has 1 saturated heterocycles. The first-order chi connectivity index (χ1) is 16.2. The normalized spacial score (nSPS) is 15.3. The fourth-order valence-corrected chi connectivity index (χ4v) is 5.67. The van der Waals surface area contributed by atoms with Crippen LogP contribution in [0.25, 0.3) is 0 Å². The molecule has 1 N–H and O–H groups in total. The van der Waals surface area contributed by atoms with E-state index in [4.69, 9.17) is 23.2 Å². The van der Waals surface area contributed by atoms with E-state index in [2.05, 4.69) is 10.2 Å². The van der Waals surface area contributed by atoms with Gasteiger partial charge in [-0.25, -0.2) is 8.42 Å². The van der Waals surface area contributed by atoms with Crippen molar-refractivity contribution in [3.05, 3.63) is 93.5 Å². The summed E-state index contributed by atoms with van der Waals surface area (Å²) in [5.74, 6) is -0.259. The Bertz CT molecular complexity index is 1270. The number of halogens is 2. The van der Waals surface area contributed by atoms with E-state index in [0.29, 0.717) is 58.9 Å². The lowest BCUT2D eigenvalue weighted by Gasteiger charge is -2.34. The van der Waals surface area contributed by atoms with Gasteiger partial charge in [0.2, 0.25) is 10.0 Å². The molecule has 1 aliphatic heterocycles. The molecular weight excluding hydrogens is 493 g/mol. The number of carbonyl (C=O) groups is 1. The predicted octanol–water partition coefficient (Wildman–Crippen LogP) is 5.06. The zero-order chi connectivity index (χ0) is 24.3. The highest BCUT2D eigenvalue weighted by Crippen LogP contribution is 2.26. The first-order valence-electron chi connectivity index (χ1n) is 10.9. The highest BCUT2D eigenvalue weighted by molar-refractivity contribution is 7.89. The van der Waals surface area contributed by atoms with E-state index in [-0.39, 0.29) is 5.91 Å². The maximum absolute atomic E-state index is 12.9. The van der Waals surface area contributed by atoms with Gasteiger partial charge in [-0.15, -0.1) is 0 Å². The highest BCUT2D eigenvalue weighted by Gasteiger charge is 2.28. The van der Waals surface area contributed by atoms with Crippen LogP contribution < -0.4 is 5.32 Å². The van der Waals surface area contributed by atoms with E-state index >= 15 is 0 Å². The largest absolute Gasteiger partial charge is 0.321 e. The fourth-order valence-electron chi connectivity index (χ4n) is 3.79. The molecule has 0 aliphatic carbocycles. The Balaban J connectivity index is 1.32. The van der Waals surface area contributed by atoms with Crippen LogP contribution in [0.5, 0.6) is 0 Å². The van der Waals surface area contributed by atoms with Gasteiger partial charge in [-0.05, 0) is 55.0 Å². The van der Waals surface area contributed by atoms with Gasteiger partial charge < -0.3 is 5.32 Å². The SMILES string of the molecule is Cc1ccc(S(=O)(=O)N2CCN(Cc3ccc(C(=O)Nc4ccc(Cl)cc4Cl)cc3)CC2)cc1. The van der Waals surface area contributed by atoms with E-state index in [1.54, 1.807) is 46.8 Å². The van der Waals surface area contributed by atoms with Crippen molar-refractivity contribution in [2.75, 3.05) is 31.5 Å². The zero-order valence-electron chi connectivity index (χ0n) is 18.7. The van der Waals surface area contributed by atoms with Crippen LogP contribution in [0.15, 0.2) is 71.6 Å². The molecule has 178 valence electrons. The number of hydrogen-bond acceptors (Lipinski definition) is 4. The Kier molecular flexibility index (Phi) is 7.60. The number of piperazine rings is 1. The molecule has 1 aliphatic rings. The molecule has 0 spiro atoms. The lowest BCUT2D eigenvalue weighted by molar-refractivity contribution is 0.102. The number of nitrogens with one attached hydrogen (secondary N) is 1. The minimum atomic E-state index is -3.48. The van der Waals surface area contributed by atoms with Crippen LogP contribution in [0.2, 0.25) is 10.0 Å². The molecule has 6 nitrogen and oxygen atoms in total. The second kappa shape index (κ2) is 10.5. The van der Waals surface area contributed by atoms with Gasteiger partial charge in [-0.3, -0.25) is 9.69 Å². The van der Waals surface area contributed by atoms with Crippen molar-refractivity contribution >= 4 is 44.8 Å². The molecule has 0 aromatic heterocycles. The molecule has 3 aromatic carbocycles. The Morgan fingerprint density at radius 3 is 2.18 bits per heavy atom. The third kappa shape index (κ3) is 5.79. The number of aryl methyl sites for hydroxylation is 1. The quantitative estimate of drug-likeness (QED) is 0.496. The van der Waals surface area contributed by atoms with Gasteiger partial charge in [-0.1, -0.05) is 53.0 Å². The number of hydrogen-bond donors (Lipinski definition) is 1. The molecule has 34 heavy (non-hydrogen) atoms. The van der Waals surface area contributed by atoms with Gasteiger partial charge >= 0.3 is 0 Å². The summed E-state index contributed by atoms with van der Waals surface area (Å²) in [5, 5.41) is 3.66. The first kappa shape index (κ1) is 24.7. The lowest BCUT2D eigenvalue weighted by atomic mass is 10.1. The predicted molar refractivity (Wildman–Crippen MR) is 136 cm³/mol. The van der Waals surface area contributed by atoms with E-state index in [1.807, 2.05) is 31.2 Å². The molecule has 1 fully saturated rings. The smallest absolute Gasteiger partial charge is 0.255 e. The number of nitrogens with zero attached hydrogens (tertiary/aromatic N) is 2. The van der Waals surface area contributed by atoms with Crippen molar-refractivity contribution in [2.45, 2.75) is 18.4 Å². The highest BCUT2D eigenvalue weighted by atomic mass is 35.5. The van der Waals surface area contributed by atoms with Gasteiger partial charge in [-0.2, -0.15) is 4.31 Å². The molecule has 0 bridgehead atoms. The van der Waals surface area contributed by atoms with Gasteiger partial charge in [0.15, 0.2) is 0 Å². The summed E-state index contributed by atoms with van der Waals surface area (Å²) in [4.78, 5) is 15.1. The standard InChI is InChI=1S/C25H25Cl2N3O3S/c1-18-2-9-22(10-3-18)34(32,33)30-14-12-29(13-15-30)17-19-4-6-20(7-5-19)25(31)28-24-11-8-21(26)16-23(24)27/h2-11,16H,12-15,17H2,1H3,(H,28,31). The molecule has 1 amide bonds. The van der Waals surface area contributed by atoms with Crippen LogP contribution in [-0.4, -0.2) is 49.7 Å². The van der Waals surface area contributed by atoms with Gasteiger partial charge in [0, 0.05) is 43.3 Å². The number of carbonyl (C=O) groups excluding carboxylic acids is 1. The van der Waals surface area contributed by atoms with Crippen LogP contribution in [-0.2, 0) is 16.6 Å². The monoisotopic (exact) mass is 517 g/mol. The van der Waals surface area contributed by atoms with Crippen molar-refractivity contribution in [1.82, 2.24) is 9.21 Å². The average molecular weight is 518 g/mol. The number of sulfonamides is 1. The molecule has 3 aromatic rings. The van der Waals surface area contributed by atoms with Gasteiger partial charge in [0.05, 0.1) is 15.6 Å². The Labute approximate surface area is 210 Å². The molecule has 0 radical (unpaired) electrons. The second-order valence-electron chi connectivity index (χ2n) is 8.27. The van der Waals surface area contributed by atoms with Crippen molar-refractivity contribution in [3.63, 3.8) is 0 Å². The van der Waals surface area contributed by atoms with Crippen LogP contribution in [0, 0.1) is 6.92 Å². The van der Waals surface area contributed by atoms with E-state index < -0.39 is 10.0 Å². The molecule has 9 heteroatoms. The average Bonchev–Trinajstić information content (AvgIpc) is 2.82. The summed E-state index contributed by atoms with van der Waals surface area (Å²) >= 11 is 12.0. The maximum atomic E-state index is 12.9. The van der Waals surface area contributed by atoms with Crippen LogP contribution in [0.1, 0.15) is 21.5 Å². The van der Waals surface area contributed by atoms with Crippen LogP contribution >= 0.6 is 23.2 Å². The molecule has 0 atom stereocenters. The number of anilines is 1. The number of rotatable bonds is 6. The van der Waals surface area contributed by atoms with E-state index in [0.717, 1.165) is 11.1 Å². The van der Waals surface area contributed by atoms with Crippen LogP contribution in [0.4, 0.5) is 5.69 Å². The Morgan fingerprint density at radius 1 is 0.912 bits per heavy atom. The van der Waals surface area contributed by atoms with Crippen molar-refractivity contribution in [3.8, 4) is 0 Å². The third-order valence-electron chi connectivity index (χ3n) is 5.79. The molecule has 0 saturated carbocycles. The van der Waals surface area contributed by atoms with E-state index in [9.17, 15) is 13.2 Å². The Morgan fingerprint density at radius 2 is 1.56 bits per heavy atom. The fraction of sp³-hybridized carbons (Fsp3) is 0.240. The summed E-state index contributed by atoms with van der Waals surface area (Å²) in [6.07, 6.45) is 0. The summed E-state index contributed by atoms with van der Waals surface area (Å²) in [5.41, 5.74) is 3.10. The molecule has 0 unspecified atom stereocenters. The molecule has 1 heterocycles. The molecular formula is C25H25Cl2N3O3S. The topological polar surface area (TPSA) is 69.7 Å². The lowest BCUT2D eigenvalue weighted by Crippen LogP contribution is -2.48. The zero-order valence-corrected chi connectivity index (χ0v) is 21.0. The minimum absolute atomic E-state index is 0.259. The van der Waals surface area contributed by atoms with Crippen molar-refractivity contribution < 1.29 is 13.2 Å². The van der Waals surface area contributed by atoms with Crippen molar-refractivity contribution in [1.29, 1.82) is 0 Å². The number of amides is 1. The van der Waals surface area contributed by atoms with E-state index in [1.165, 1.54) is 0 Å². The summed E-state index contributed by atoms with van der Waals surface area (Å²) in [6.45, 7) is 4.79. The minimum Gasteiger partial charge on any atom is -0.321 e. The Hall–Kier alpha value is -2.42. The molecule has 4 rings (SSSR count). The van der Waals surface area contributed by atoms with Gasteiger partial charge in [0.1, 0.15) is 0 Å². The summed E-state index contributed by atoms with van der Waals surface area (Å²) in [6, 6.07) is 19.2. The third-order valence-corrected chi connectivity index (χ3v) is 8.25. The number of benzene rings is 3. The van der Waals surface area contributed by atoms with Crippen LogP contribution in [0.3, 0.4) is 0 Å². The van der Waals surface area contributed by atoms with Crippen molar-refractivity contribution in [2.24, 2.45) is 0 Å². The van der Waals surface area contributed by atoms with Gasteiger partial charge in [0.25, 0.3) is 5.91 Å². The first-order valence-corrected chi connectivity index (χ1v) is 13.1. The maximum Gasteiger partial charge on any atom is 0.255 e. The summed E-state index contributed by atoms with van der Waals surface area (Å²) in [7, 11) is -3.48. The summed E-state index contributed by atoms with van der Waals surface area (Å²) < 4.78 is 27.3.